The van der Waals surface area contributed by atoms with E-state index in [4.69, 9.17) is 0 Å². The molecule has 0 atom stereocenters. The highest BCUT2D eigenvalue weighted by atomic mass is 32.2. The number of alkyl halides is 6. The Labute approximate surface area is 206 Å². The van der Waals surface area contributed by atoms with E-state index in [0.717, 1.165) is 36.5 Å². The number of nitrogens with zero attached hydrogens (tertiary/aromatic N) is 3. The number of aromatic nitrogens is 2. The molecule has 0 spiro atoms. The van der Waals surface area contributed by atoms with Crippen molar-refractivity contribution in [3.8, 4) is 11.1 Å². The van der Waals surface area contributed by atoms with Gasteiger partial charge in [-0.05, 0) is 53.9 Å². The topological polar surface area (TPSA) is 80.2 Å². The minimum atomic E-state index is -5.08. The third-order valence-electron chi connectivity index (χ3n) is 5.19. The van der Waals surface area contributed by atoms with E-state index >= 15 is 0 Å². The van der Waals surface area contributed by atoms with Crippen molar-refractivity contribution in [2.24, 2.45) is 0 Å². The number of benzene rings is 2. The molecule has 14 heteroatoms. The third kappa shape index (κ3) is 6.42. The summed E-state index contributed by atoms with van der Waals surface area (Å²) in [6.45, 7) is 0.800. The number of hydrogen-bond acceptors (Lipinski definition) is 5. The fourth-order valence-corrected chi connectivity index (χ4v) is 3.97. The molecular formula is C23H18F7N3O3S. The molecule has 1 aromatic heterocycles. The standard InChI is InChI=1S/C23H18F7N3O3S/c1-12-6-16(24)4-5-17(12)18-10-31-21(37(3,35)36)32-19(18)20(34)33(2)11-13-7-14(22(25,26)27)9-15(8-13)23(28,29)30/h4-10H,11H2,1-3H3. The van der Waals surface area contributed by atoms with Crippen LogP contribution in [0.5, 0.6) is 0 Å². The fourth-order valence-electron chi connectivity index (χ4n) is 3.47. The first kappa shape index (κ1) is 28.0. The molecule has 198 valence electrons. The summed E-state index contributed by atoms with van der Waals surface area (Å²) in [5.41, 5.74) is -3.49. The molecule has 37 heavy (non-hydrogen) atoms. The van der Waals surface area contributed by atoms with Gasteiger partial charge in [0.1, 0.15) is 11.5 Å². The highest BCUT2D eigenvalue weighted by Gasteiger charge is 2.37. The zero-order valence-corrected chi connectivity index (χ0v) is 20.2. The summed E-state index contributed by atoms with van der Waals surface area (Å²) in [5.74, 6) is -1.61. The quantitative estimate of drug-likeness (QED) is 0.319. The van der Waals surface area contributed by atoms with E-state index < -0.39 is 68.0 Å². The number of aryl methyl sites for hydroxylation is 1. The molecule has 0 bridgehead atoms. The first-order valence-corrected chi connectivity index (χ1v) is 12.1. The molecule has 0 radical (unpaired) electrons. The Hall–Kier alpha value is -3.55. The van der Waals surface area contributed by atoms with Crippen molar-refractivity contribution >= 4 is 15.7 Å². The summed E-state index contributed by atoms with van der Waals surface area (Å²) < 4.78 is 117. The van der Waals surface area contributed by atoms with Gasteiger partial charge in [-0.3, -0.25) is 4.79 Å². The molecular weight excluding hydrogens is 531 g/mol. The summed E-state index contributed by atoms with van der Waals surface area (Å²) in [6.07, 6.45) is -8.35. The first-order chi connectivity index (χ1) is 16.9. The van der Waals surface area contributed by atoms with Gasteiger partial charge in [0.05, 0.1) is 11.1 Å². The second kappa shape index (κ2) is 9.72. The normalized spacial score (nSPS) is 12.5. The predicted octanol–water partition coefficient (Wildman–Crippen LogP) is 5.30. The summed E-state index contributed by atoms with van der Waals surface area (Å²) >= 11 is 0. The van der Waals surface area contributed by atoms with Crippen LogP contribution in [0.25, 0.3) is 11.1 Å². The van der Waals surface area contributed by atoms with E-state index in [-0.39, 0.29) is 17.2 Å². The van der Waals surface area contributed by atoms with E-state index in [1.165, 1.54) is 13.0 Å². The molecule has 0 saturated carbocycles. The van der Waals surface area contributed by atoms with Crippen LogP contribution >= 0.6 is 0 Å². The van der Waals surface area contributed by atoms with Crippen LogP contribution in [-0.4, -0.2) is 42.5 Å². The molecule has 0 N–H and O–H groups in total. The van der Waals surface area contributed by atoms with Crippen molar-refractivity contribution < 1.29 is 43.9 Å². The lowest BCUT2D eigenvalue weighted by atomic mass is 9.99. The molecule has 6 nitrogen and oxygen atoms in total. The van der Waals surface area contributed by atoms with Crippen LogP contribution in [-0.2, 0) is 28.7 Å². The Morgan fingerprint density at radius 3 is 2.00 bits per heavy atom. The van der Waals surface area contributed by atoms with Crippen LogP contribution in [0.15, 0.2) is 47.8 Å². The van der Waals surface area contributed by atoms with Gasteiger partial charge in [-0.25, -0.2) is 22.8 Å². The highest BCUT2D eigenvalue weighted by molar-refractivity contribution is 7.90. The average Bonchev–Trinajstić information content (AvgIpc) is 2.76. The maximum Gasteiger partial charge on any atom is 0.416 e. The molecule has 0 aliphatic rings. The van der Waals surface area contributed by atoms with E-state index in [1.54, 1.807) is 0 Å². The maximum atomic E-state index is 13.6. The van der Waals surface area contributed by atoms with E-state index in [1.807, 2.05) is 0 Å². The van der Waals surface area contributed by atoms with E-state index in [9.17, 15) is 43.9 Å². The van der Waals surface area contributed by atoms with Crippen LogP contribution in [0.3, 0.4) is 0 Å². The summed E-state index contributed by atoms with van der Waals surface area (Å²) in [4.78, 5) is 21.6. The van der Waals surface area contributed by atoms with E-state index in [0.29, 0.717) is 17.7 Å². The SMILES string of the molecule is Cc1cc(F)ccc1-c1cnc(S(C)(=O)=O)nc1C(=O)N(C)Cc1cc(C(F)(F)F)cc(C(F)(F)F)c1. The largest absolute Gasteiger partial charge is 0.416 e. The van der Waals surface area contributed by atoms with Gasteiger partial charge in [0, 0.05) is 31.6 Å². The van der Waals surface area contributed by atoms with Crippen molar-refractivity contribution in [1.82, 2.24) is 14.9 Å². The number of amides is 1. The maximum absolute atomic E-state index is 13.6. The molecule has 1 amide bonds. The zero-order valence-electron chi connectivity index (χ0n) is 19.4. The van der Waals surface area contributed by atoms with Gasteiger partial charge >= 0.3 is 12.4 Å². The lowest BCUT2D eigenvalue weighted by molar-refractivity contribution is -0.143. The Balaban J connectivity index is 2.10. The molecule has 1 heterocycles. The van der Waals surface area contributed by atoms with Crippen molar-refractivity contribution in [3.63, 3.8) is 0 Å². The molecule has 0 saturated heterocycles. The van der Waals surface area contributed by atoms with Crippen LogP contribution in [0.1, 0.15) is 32.7 Å². The minimum Gasteiger partial charge on any atom is -0.336 e. The van der Waals surface area contributed by atoms with Gasteiger partial charge in [0.2, 0.25) is 15.0 Å². The van der Waals surface area contributed by atoms with Crippen molar-refractivity contribution in [2.45, 2.75) is 31.0 Å². The van der Waals surface area contributed by atoms with Gasteiger partial charge < -0.3 is 4.90 Å². The summed E-state index contributed by atoms with van der Waals surface area (Å²) in [5, 5.41) is -0.730. The van der Waals surface area contributed by atoms with Crippen LogP contribution in [0.2, 0.25) is 0 Å². The van der Waals surface area contributed by atoms with Crippen LogP contribution < -0.4 is 0 Å². The third-order valence-corrected chi connectivity index (χ3v) is 6.05. The highest BCUT2D eigenvalue weighted by Crippen LogP contribution is 2.36. The minimum absolute atomic E-state index is 0.0122. The molecule has 3 aromatic rings. The number of carbonyl (C=O) groups is 1. The molecule has 0 aliphatic heterocycles. The summed E-state index contributed by atoms with van der Waals surface area (Å²) in [6, 6.07) is 4.43. The molecule has 0 fully saturated rings. The number of rotatable bonds is 5. The molecule has 3 rings (SSSR count). The second-order valence-corrected chi connectivity index (χ2v) is 10.1. The molecule has 0 aliphatic carbocycles. The van der Waals surface area contributed by atoms with Crippen LogP contribution in [0, 0.1) is 12.7 Å². The Bertz CT molecular complexity index is 1440. The smallest absolute Gasteiger partial charge is 0.336 e. The van der Waals surface area contributed by atoms with Gasteiger partial charge in [0.25, 0.3) is 5.91 Å². The predicted molar refractivity (Wildman–Crippen MR) is 118 cm³/mol. The van der Waals surface area contributed by atoms with Gasteiger partial charge in [0.15, 0.2) is 0 Å². The number of carbonyl (C=O) groups excluding carboxylic acids is 1. The molecule has 0 unspecified atom stereocenters. The van der Waals surface area contributed by atoms with Gasteiger partial charge in [-0.2, -0.15) is 26.3 Å². The fraction of sp³-hybridized carbons (Fsp3) is 0.261. The Morgan fingerprint density at radius 1 is 0.946 bits per heavy atom. The lowest BCUT2D eigenvalue weighted by Gasteiger charge is -2.21. The first-order valence-electron chi connectivity index (χ1n) is 10.3. The summed E-state index contributed by atoms with van der Waals surface area (Å²) in [7, 11) is -2.91. The van der Waals surface area contributed by atoms with Crippen molar-refractivity contribution in [2.75, 3.05) is 13.3 Å². The van der Waals surface area contributed by atoms with E-state index in [2.05, 4.69) is 9.97 Å². The van der Waals surface area contributed by atoms with Gasteiger partial charge in [-0.15, -0.1) is 0 Å². The second-order valence-electron chi connectivity index (χ2n) is 8.22. The van der Waals surface area contributed by atoms with Gasteiger partial charge in [-0.1, -0.05) is 6.07 Å². The van der Waals surface area contributed by atoms with Crippen LogP contribution in [0.4, 0.5) is 30.7 Å². The number of hydrogen-bond donors (Lipinski definition) is 0. The molecule has 2 aromatic carbocycles. The lowest BCUT2D eigenvalue weighted by Crippen LogP contribution is -2.29. The van der Waals surface area contributed by atoms with Crippen molar-refractivity contribution in [1.29, 1.82) is 0 Å². The zero-order chi connectivity index (χ0) is 27.9. The average molecular weight is 549 g/mol. The number of sulfone groups is 1. The monoisotopic (exact) mass is 549 g/mol. The Kier molecular flexibility index (Phi) is 7.37. The number of halogens is 7. The van der Waals surface area contributed by atoms with Crippen molar-refractivity contribution in [3.05, 3.63) is 76.4 Å². The Morgan fingerprint density at radius 2 is 1.51 bits per heavy atom.